The van der Waals surface area contributed by atoms with Gasteiger partial charge in [-0.1, -0.05) is 0 Å². The van der Waals surface area contributed by atoms with Crippen molar-refractivity contribution in [2.45, 2.75) is 31.7 Å². The molecule has 1 saturated heterocycles. The predicted molar refractivity (Wildman–Crippen MR) is 64.7 cm³/mol. The van der Waals surface area contributed by atoms with E-state index in [-0.39, 0.29) is 0 Å². The number of carbonyl (C=O) groups excluding carboxylic acids is 3. The van der Waals surface area contributed by atoms with Crippen LogP contribution in [0.2, 0.25) is 0 Å². The number of hydrogen-bond acceptors (Lipinski definition) is 7. The third kappa shape index (κ3) is 4.35. The Morgan fingerprint density at radius 3 is 2.53 bits per heavy atom. The summed E-state index contributed by atoms with van der Waals surface area (Å²) >= 11 is 0. The number of esters is 2. The van der Waals surface area contributed by atoms with Gasteiger partial charge in [-0.3, -0.25) is 4.79 Å². The Morgan fingerprint density at radius 2 is 1.89 bits per heavy atom. The molecule has 0 N–H and O–H groups in total. The number of Topliss-reactive ketones (excluding diaryl/α,β-unsaturated/α-hetero) is 1. The van der Waals surface area contributed by atoms with Gasteiger partial charge in [-0.2, -0.15) is 0 Å². The molecule has 1 aliphatic rings. The molecule has 1 fully saturated rings. The quantitative estimate of drug-likeness (QED) is 0.414. The zero-order valence-corrected chi connectivity index (χ0v) is 11.0. The lowest BCUT2D eigenvalue weighted by Gasteiger charge is -2.10. The molecule has 7 nitrogen and oxygen atoms in total. The van der Waals surface area contributed by atoms with E-state index in [2.05, 4.69) is 14.5 Å². The molecule has 0 bridgehead atoms. The van der Waals surface area contributed by atoms with Crippen LogP contribution in [0.4, 0.5) is 0 Å². The first-order chi connectivity index (χ1) is 9.10. The molecule has 0 aromatic heterocycles. The zero-order chi connectivity index (χ0) is 14.3. The van der Waals surface area contributed by atoms with Crippen molar-refractivity contribution in [1.82, 2.24) is 0 Å². The summed E-state index contributed by atoms with van der Waals surface area (Å²) in [6, 6.07) is -1.55. The number of hydrogen-bond donors (Lipinski definition) is 0. The number of methoxy groups -OCH3 is 2. The Balaban J connectivity index is 2.90. The van der Waals surface area contributed by atoms with E-state index in [9.17, 15) is 14.4 Å². The zero-order valence-electron chi connectivity index (χ0n) is 11.0. The van der Waals surface area contributed by atoms with Crippen LogP contribution in [0.15, 0.2) is 4.99 Å². The van der Waals surface area contributed by atoms with Crippen molar-refractivity contribution in [3.63, 3.8) is 0 Å². The van der Waals surface area contributed by atoms with Gasteiger partial charge in [0.2, 0.25) is 6.04 Å². The van der Waals surface area contributed by atoms with Crippen molar-refractivity contribution in [3.8, 4) is 0 Å². The summed E-state index contributed by atoms with van der Waals surface area (Å²) in [6.45, 7) is 0.485. The van der Waals surface area contributed by atoms with Crippen molar-refractivity contribution in [3.05, 3.63) is 0 Å². The molecule has 106 valence electrons. The molecule has 0 aromatic carbocycles. The molecule has 1 unspecified atom stereocenters. The summed E-state index contributed by atoms with van der Waals surface area (Å²) in [6.07, 6.45) is 3.28. The monoisotopic (exact) mass is 271 g/mol. The van der Waals surface area contributed by atoms with Gasteiger partial charge < -0.3 is 14.2 Å². The fraction of sp³-hybridized carbons (Fsp3) is 0.667. The molecule has 0 saturated carbocycles. The fourth-order valence-electron chi connectivity index (χ4n) is 1.61. The maximum Gasteiger partial charge on any atom is 0.377 e. The third-order valence-electron chi connectivity index (χ3n) is 2.64. The number of nitrogens with zero attached hydrogens (tertiary/aromatic N) is 1. The van der Waals surface area contributed by atoms with Crippen LogP contribution in [0.25, 0.3) is 0 Å². The van der Waals surface area contributed by atoms with Gasteiger partial charge in [0.25, 0.3) is 5.78 Å². The van der Waals surface area contributed by atoms with Crippen molar-refractivity contribution < 1.29 is 28.6 Å². The molecule has 0 aromatic rings. The maximum absolute atomic E-state index is 11.7. The third-order valence-corrected chi connectivity index (χ3v) is 2.64. The second-order valence-electron chi connectivity index (χ2n) is 3.96. The minimum absolute atomic E-state index is 0.296. The van der Waals surface area contributed by atoms with Gasteiger partial charge in [0.05, 0.1) is 20.8 Å². The standard InChI is InChI=1S/C12H17NO6/c1-17-11(15)9(10(14)12(16)18-2)13-8-6-4-3-5-7-19-8/h9H,3-7H2,1-2H3. The molecule has 1 heterocycles. The average Bonchev–Trinajstić information content (AvgIpc) is 2.70. The molecule has 0 radical (unpaired) electrons. The van der Waals surface area contributed by atoms with Gasteiger partial charge in [-0.15, -0.1) is 0 Å². The highest BCUT2D eigenvalue weighted by Crippen LogP contribution is 2.11. The largest absolute Gasteiger partial charge is 0.481 e. The van der Waals surface area contributed by atoms with Gasteiger partial charge in [0.15, 0.2) is 5.90 Å². The van der Waals surface area contributed by atoms with Crippen molar-refractivity contribution in [2.75, 3.05) is 20.8 Å². The maximum atomic E-state index is 11.7. The Hall–Kier alpha value is -1.92. The number of rotatable bonds is 4. The molecule has 0 aliphatic carbocycles. The molecule has 0 spiro atoms. The Labute approximate surface area is 110 Å². The van der Waals surface area contributed by atoms with Crippen LogP contribution in [-0.4, -0.2) is 50.5 Å². The summed E-state index contributed by atoms with van der Waals surface area (Å²) in [5, 5.41) is 0. The second kappa shape index (κ2) is 7.50. The van der Waals surface area contributed by atoms with E-state index in [0.29, 0.717) is 18.9 Å². The molecule has 1 aliphatic heterocycles. The van der Waals surface area contributed by atoms with E-state index in [0.717, 1.165) is 33.5 Å². The van der Waals surface area contributed by atoms with E-state index in [1.165, 1.54) is 0 Å². The smallest absolute Gasteiger partial charge is 0.377 e. The first-order valence-corrected chi connectivity index (χ1v) is 5.99. The van der Waals surface area contributed by atoms with Crippen LogP contribution in [-0.2, 0) is 28.6 Å². The van der Waals surface area contributed by atoms with E-state index in [4.69, 9.17) is 4.74 Å². The number of ketones is 1. The molecular weight excluding hydrogens is 254 g/mol. The second-order valence-corrected chi connectivity index (χ2v) is 3.96. The lowest BCUT2D eigenvalue weighted by Crippen LogP contribution is -2.36. The number of carbonyl (C=O) groups is 3. The van der Waals surface area contributed by atoms with Crippen molar-refractivity contribution in [2.24, 2.45) is 4.99 Å². The highest BCUT2D eigenvalue weighted by atomic mass is 16.5. The minimum Gasteiger partial charge on any atom is -0.481 e. The van der Waals surface area contributed by atoms with Gasteiger partial charge in [0, 0.05) is 6.42 Å². The topological polar surface area (TPSA) is 91.3 Å². The lowest BCUT2D eigenvalue weighted by atomic mass is 10.2. The van der Waals surface area contributed by atoms with E-state index in [1.807, 2.05) is 0 Å². The van der Waals surface area contributed by atoms with Gasteiger partial charge in [-0.05, 0) is 19.3 Å². The van der Waals surface area contributed by atoms with Gasteiger partial charge in [-0.25, -0.2) is 14.6 Å². The first kappa shape index (κ1) is 15.1. The molecule has 19 heavy (non-hydrogen) atoms. The lowest BCUT2D eigenvalue weighted by molar-refractivity contribution is -0.156. The highest BCUT2D eigenvalue weighted by Gasteiger charge is 2.34. The summed E-state index contributed by atoms with van der Waals surface area (Å²) in [7, 11) is 2.18. The average molecular weight is 271 g/mol. The van der Waals surface area contributed by atoms with E-state index < -0.39 is 23.8 Å². The fourth-order valence-corrected chi connectivity index (χ4v) is 1.61. The molecular formula is C12H17NO6. The molecule has 1 atom stereocenters. The molecule has 7 heteroatoms. The molecule has 0 amide bonds. The van der Waals surface area contributed by atoms with E-state index >= 15 is 0 Å². The van der Waals surface area contributed by atoms with Crippen LogP contribution < -0.4 is 0 Å². The van der Waals surface area contributed by atoms with Crippen LogP contribution >= 0.6 is 0 Å². The van der Waals surface area contributed by atoms with E-state index in [1.54, 1.807) is 0 Å². The molecule has 1 rings (SSSR count). The Kier molecular flexibility index (Phi) is 5.98. The highest BCUT2D eigenvalue weighted by molar-refractivity contribution is 6.40. The SMILES string of the molecule is COC(=O)C(=O)C(N=C1CCCCCO1)C(=O)OC. The van der Waals surface area contributed by atoms with Crippen LogP contribution in [0.1, 0.15) is 25.7 Å². The number of aliphatic imine (C=N–C) groups is 1. The van der Waals surface area contributed by atoms with Gasteiger partial charge in [0.1, 0.15) is 0 Å². The number of ether oxygens (including phenoxy) is 3. The summed E-state index contributed by atoms with van der Waals surface area (Å²) < 4.78 is 14.1. The minimum atomic E-state index is -1.55. The van der Waals surface area contributed by atoms with Gasteiger partial charge >= 0.3 is 11.9 Å². The van der Waals surface area contributed by atoms with Crippen molar-refractivity contribution >= 4 is 23.6 Å². The van der Waals surface area contributed by atoms with Crippen LogP contribution in [0, 0.1) is 0 Å². The summed E-state index contributed by atoms with van der Waals surface area (Å²) in [5.74, 6) is -2.80. The predicted octanol–water partition coefficient (Wildman–Crippen LogP) is 0.259. The van der Waals surface area contributed by atoms with Crippen molar-refractivity contribution in [1.29, 1.82) is 0 Å². The van der Waals surface area contributed by atoms with Crippen LogP contribution in [0.5, 0.6) is 0 Å². The Morgan fingerprint density at radius 1 is 1.16 bits per heavy atom. The van der Waals surface area contributed by atoms with Crippen LogP contribution in [0.3, 0.4) is 0 Å². The Bertz CT molecular complexity index is 380. The summed E-state index contributed by atoms with van der Waals surface area (Å²) in [4.78, 5) is 38.3. The normalized spacial score (nSPS) is 18.9. The summed E-state index contributed by atoms with van der Waals surface area (Å²) in [5.41, 5.74) is 0. The first-order valence-electron chi connectivity index (χ1n) is 5.99.